The van der Waals surface area contributed by atoms with Crippen molar-refractivity contribution in [2.75, 3.05) is 31.2 Å². The lowest BCUT2D eigenvalue weighted by molar-refractivity contribution is -0.122. The largest absolute Gasteiger partial charge is 0.378 e. The van der Waals surface area contributed by atoms with Crippen LogP contribution in [0, 0.1) is 0 Å². The number of rotatable bonds is 4. The van der Waals surface area contributed by atoms with Gasteiger partial charge in [-0.15, -0.1) is 5.10 Å². The van der Waals surface area contributed by atoms with Gasteiger partial charge in [0.1, 0.15) is 6.54 Å². The molecule has 0 spiro atoms. The monoisotopic (exact) mass is 410 g/mol. The van der Waals surface area contributed by atoms with Crippen LogP contribution in [0.3, 0.4) is 0 Å². The summed E-state index contributed by atoms with van der Waals surface area (Å²) in [7, 11) is 0. The molecule has 2 aromatic heterocycles. The Bertz CT molecular complexity index is 1120. The molecule has 2 aliphatic rings. The highest BCUT2D eigenvalue weighted by molar-refractivity contribution is 5.83. The number of para-hydroxylation sites is 2. The van der Waals surface area contributed by atoms with E-state index in [1.165, 1.54) is 11.1 Å². The summed E-state index contributed by atoms with van der Waals surface area (Å²) in [5, 5.41) is 7.60. The predicted octanol–water partition coefficient (Wildman–Crippen LogP) is 1.33. The Morgan fingerprint density at radius 2 is 1.90 bits per heavy atom. The van der Waals surface area contributed by atoms with Gasteiger partial charge < -0.3 is 15.0 Å². The van der Waals surface area contributed by atoms with E-state index in [0.717, 1.165) is 31.2 Å². The first-order chi connectivity index (χ1) is 14.7. The van der Waals surface area contributed by atoms with Crippen LogP contribution in [0.15, 0.2) is 29.1 Å². The van der Waals surface area contributed by atoms with E-state index in [4.69, 9.17) is 9.72 Å². The van der Waals surface area contributed by atoms with E-state index in [1.54, 1.807) is 4.40 Å². The molecule has 1 aliphatic carbocycles. The number of carbonyl (C=O) groups is 1. The molecule has 0 bridgehead atoms. The summed E-state index contributed by atoms with van der Waals surface area (Å²) in [4.78, 5) is 32.7. The second-order valence-corrected chi connectivity index (χ2v) is 8.03. The van der Waals surface area contributed by atoms with E-state index < -0.39 is 0 Å². The van der Waals surface area contributed by atoms with Crippen LogP contribution in [0.1, 0.15) is 32.1 Å². The van der Waals surface area contributed by atoms with Crippen LogP contribution in [0.25, 0.3) is 16.7 Å². The van der Waals surface area contributed by atoms with Gasteiger partial charge in [0.25, 0.3) is 0 Å². The molecule has 0 radical (unpaired) electrons. The van der Waals surface area contributed by atoms with Gasteiger partial charge in [-0.2, -0.15) is 0 Å². The lowest BCUT2D eigenvalue weighted by Crippen LogP contribution is -2.40. The van der Waals surface area contributed by atoms with Crippen LogP contribution in [0.5, 0.6) is 0 Å². The van der Waals surface area contributed by atoms with Crippen molar-refractivity contribution >= 4 is 28.4 Å². The molecule has 1 N–H and O–H groups in total. The Kier molecular flexibility index (Phi) is 5.12. The second kappa shape index (κ2) is 8.06. The number of hydrogen-bond donors (Lipinski definition) is 1. The zero-order valence-corrected chi connectivity index (χ0v) is 16.9. The van der Waals surface area contributed by atoms with E-state index in [0.29, 0.717) is 43.3 Å². The topological polar surface area (TPSA) is 93.8 Å². The summed E-state index contributed by atoms with van der Waals surface area (Å²) in [6, 6.07) is 7.71. The minimum absolute atomic E-state index is 0.0894. The molecule has 0 atom stereocenters. The molecule has 2 fully saturated rings. The van der Waals surface area contributed by atoms with E-state index in [-0.39, 0.29) is 24.2 Å². The third-order valence-corrected chi connectivity index (χ3v) is 5.96. The number of nitrogens with zero attached hydrogens (tertiary/aromatic N) is 5. The summed E-state index contributed by atoms with van der Waals surface area (Å²) in [6.45, 7) is 2.49. The van der Waals surface area contributed by atoms with Gasteiger partial charge in [-0.1, -0.05) is 31.4 Å². The number of benzene rings is 1. The molecule has 1 amide bonds. The van der Waals surface area contributed by atoms with Gasteiger partial charge in [0.2, 0.25) is 11.6 Å². The molecule has 1 aromatic carbocycles. The normalized spacial score (nSPS) is 18.2. The smallest absolute Gasteiger partial charge is 0.351 e. The SMILES string of the molecule is O=C(Cn1nc2c(N3CCOCC3)nc3ccccc3n2c1=O)NC1CCCCC1. The first kappa shape index (κ1) is 19.0. The molecular formula is C21H26N6O3. The number of hydrogen-bond acceptors (Lipinski definition) is 6. The highest BCUT2D eigenvalue weighted by atomic mass is 16.5. The highest BCUT2D eigenvalue weighted by Crippen LogP contribution is 2.23. The molecular weight excluding hydrogens is 384 g/mol. The van der Waals surface area contributed by atoms with Gasteiger partial charge in [-0.05, 0) is 25.0 Å². The lowest BCUT2D eigenvalue weighted by atomic mass is 9.95. The van der Waals surface area contributed by atoms with Crippen LogP contribution in [-0.2, 0) is 16.1 Å². The molecule has 3 heterocycles. The van der Waals surface area contributed by atoms with E-state index >= 15 is 0 Å². The summed E-state index contributed by atoms with van der Waals surface area (Å²) in [5.41, 5.74) is 1.57. The molecule has 9 heteroatoms. The molecule has 9 nitrogen and oxygen atoms in total. The van der Waals surface area contributed by atoms with Gasteiger partial charge in [-0.3, -0.25) is 4.79 Å². The summed E-state index contributed by atoms with van der Waals surface area (Å²) in [5.74, 6) is 0.484. The van der Waals surface area contributed by atoms with Crippen molar-refractivity contribution in [1.82, 2.24) is 24.5 Å². The molecule has 5 rings (SSSR count). The number of anilines is 1. The first-order valence-corrected chi connectivity index (χ1v) is 10.7. The van der Waals surface area contributed by atoms with Crippen molar-refractivity contribution in [2.24, 2.45) is 0 Å². The van der Waals surface area contributed by atoms with Crippen molar-refractivity contribution in [3.05, 3.63) is 34.7 Å². The third-order valence-electron chi connectivity index (χ3n) is 5.96. The number of amides is 1. The Morgan fingerprint density at radius 1 is 1.13 bits per heavy atom. The molecule has 158 valence electrons. The maximum Gasteiger partial charge on any atom is 0.351 e. The molecule has 1 saturated carbocycles. The van der Waals surface area contributed by atoms with Crippen LogP contribution >= 0.6 is 0 Å². The third kappa shape index (κ3) is 3.54. The van der Waals surface area contributed by atoms with Crippen LogP contribution in [0.2, 0.25) is 0 Å². The fourth-order valence-corrected chi connectivity index (χ4v) is 4.43. The molecule has 1 saturated heterocycles. The standard InChI is InChI=1S/C21H26N6O3/c28-18(22-15-6-2-1-3-7-15)14-26-21(29)27-17-9-5-4-8-16(17)23-19(20(27)24-26)25-10-12-30-13-11-25/h4-5,8-9,15H,1-3,6-7,10-14H2,(H,22,28). The van der Waals surface area contributed by atoms with Crippen LogP contribution in [-0.4, -0.2) is 57.4 Å². The minimum Gasteiger partial charge on any atom is -0.378 e. The van der Waals surface area contributed by atoms with Crippen LogP contribution in [0.4, 0.5) is 5.82 Å². The summed E-state index contributed by atoms with van der Waals surface area (Å²) in [6.07, 6.45) is 5.51. The van der Waals surface area contributed by atoms with Crippen LogP contribution < -0.4 is 15.9 Å². The van der Waals surface area contributed by atoms with Crippen molar-refractivity contribution < 1.29 is 9.53 Å². The van der Waals surface area contributed by atoms with Crippen molar-refractivity contribution in [3.63, 3.8) is 0 Å². The second-order valence-electron chi connectivity index (χ2n) is 8.03. The van der Waals surface area contributed by atoms with E-state index in [1.807, 2.05) is 24.3 Å². The molecule has 3 aromatic rings. The Morgan fingerprint density at radius 3 is 2.70 bits per heavy atom. The number of ether oxygens (including phenoxy) is 1. The summed E-state index contributed by atoms with van der Waals surface area (Å²) >= 11 is 0. The van der Waals surface area contributed by atoms with Crippen molar-refractivity contribution in [3.8, 4) is 0 Å². The van der Waals surface area contributed by atoms with Crippen molar-refractivity contribution in [2.45, 2.75) is 44.7 Å². The average molecular weight is 410 g/mol. The van der Waals surface area contributed by atoms with Crippen molar-refractivity contribution in [1.29, 1.82) is 0 Å². The number of fused-ring (bicyclic) bond motifs is 3. The fourth-order valence-electron chi connectivity index (χ4n) is 4.43. The maximum atomic E-state index is 13.2. The zero-order valence-electron chi connectivity index (χ0n) is 16.9. The average Bonchev–Trinajstić information content (AvgIpc) is 3.10. The van der Waals surface area contributed by atoms with Gasteiger partial charge in [0.15, 0.2) is 5.82 Å². The minimum atomic E-state index is -0.322. The van der Waals surface area contributed by atoms with E-state index in [9.17, 15) is 9.59 Å². The van der Waals surface area contributed by atoms with Gasteiger partial charge in [-0.25, -0.2) is 18.9 Å². The fraction of sp³-hybridized carbons (Fsp3) is 0.524. The highest BCUT2D eigenvalue weighted by Gasteiger charge is 2.23. The first-order valence-electron chi connectivity index (χ1n) is 10.7. The number of nitrogens with one attached hydrogen (secondary N) is 1. The Hall–Kier alpha value is -2.94. The molecule has 1 aliphatic heterocycles. The van der Waals surface area contributed by atoms with E-state index in [2.05, 4.69) is 15.3 Å². The number of carbonyl (C=O) groups excluding carboxylic acids is 1. The molecule has 30 heavy (non-hydrogen) atoms. The zero-order chi connectivity index (χ0) is 20.5. The Balaban J connectivity index is 1.53. The quantitative estimate of drug-likeness (QED) is 0.698. The Labute approximate surface area is 173 Å². The number of aromatic nitrogens is 4. The van der Waals surface area contributed by atoms with Gasteiger partial charge in [0.05, 0.1) is 24.2 Å². The number of morpholine rings is 1. The van der Waals surface area contributed by atoms with Gasteiger partial charge >= 0.3 is 5.69 Å². The van der Waals surface area contributed by atoms with Gasteiger partial charge in [0, 0.05) is 19.1 Å². The maximum absolute atomic E-state index is 13.2. The predicted molar refractivity (Wildman–Crippen MR) is 113 cm³/mol. The lowest BCUT2D eigenvalue weighted by Gasteiger charge is -2.27. The molecule has 0 unspecified atom stereocenters. The summed E-state index contributed by atoms with van der Waals surface area (Å²) < 4.78 is 8.28.